The summed E-state index contributed by atoms with van der Waals surface area (Å²) in [5, 5.41) is 3.02. The quantitative estimate of drug-likeness (QED) is 0.532. The summed E-state index contributed by atoms with van der Waals surface area (Å²) < 4.78 is 13.4. The van der Waals surface area contributed by atoms with Crippen LogP contribution in [0, 0.1) is 0 Å². The second-order valence-electron chi connectivity index (χ2n) is 7.96. The van der Waals surface area contributed by atoms with E-state index in [4.69, 9.17) is 14.5 Å². The zero-order valence-corrected chi connectivity index (χ0v) is 19.0. The molecule has 1 saturated heterocycles. The van der Waals surface area contributed by atoms with Gasteiger partial charge in [-0.25, -0.2) is 4.98 Å². The van der Waals surface area contributed by atoms with Crippen LogP contribution in [0.1, 0.15) is 43.5 Å². The maximum absolute atomic E-state index is 13.1. The molecule has 1 fully saturated rings. The van der Waals surface area contributed by atoms with E-state index in [-0.39, 0.29) is 5.91 Å². The molecule has 0 aliphatic carbocycles. The number of benzene rings is 2. The second kappa shape index (κ2) is 10.5. The SMILES string of the molecule is CCOc1ccc(C(=O)Nc2nc3ccccc3n2CCN2CCCCC2)cc1OCC. The van der Waals surface area contributed by atoms with Crippen LogP contribution in [-0.4, -0.2) is 53.2 Å². The van der Waals surface area contributed by atoms with Gasteiger partial charge in [0.05, 0.1) is 24.2 Å². The van der Waals surface area contributed by atoms with E-state index >= 15 is 0 Å². The number of aromatic nitrogens is 2. The van der Waals surface area contributed by atoms with Crippen LogP contribution in [0.4, 0.5) is 5.95 Å². The Morgan fingerprint density at radius 3 is 2.50 bits per heavy atom. The number of carbonyl (C=O) groups excluding carboxylic acids is 1. The number of piperidine rings is 1. The highest BCUT2D eigenvalue weighted by Crippen LogP contribution is 2.29. The van der Waals surface area contributed by atoms with E-state index in [9.17, 15) is 4.79 Å². The molecule has 1 aliphatic heterocycles. The first-order valence-electron chi connectivity index (χ1n) is 11.6. The lowest BCUT2D eigenvalue weighted by atomic mass is 10.1. The molecule has 7 heteroatoms. The fourth-order valence-electron chi connectivity index (χ4n) is 4.19. The van der Waals surface area contributed by atoms with Crippen molar-refractivity contribution in [2.75, 3.05) is 38.2 Å². The molecule has 7 nitrogen and oxygen atoms in total. The Morgan fingerprint density at radius 2 is 1.72 bits per heavy atom. The standard InChI is InChI=1S/C25H32N4O3/c1-3-31-22-13-12-19(18-23(22)32-4-2)24(30)27-25-26-20-10-6-7-11-21(20)29(25)17-16-28-14-8-5-9-15-28/h6-7,10-13,18H,3-5,8-9,14-17H2,1-2H3,(H,26,27,30). The number of nitrogens with zero attached hydrogens (tertiary/aromatic N) is 3. The Labute approximate surface area is 189 Å². The highest BCUT2D eigenvalue weighted by Gasteiger charge is 2.18. The summed E-state index contributed by atoms with van der Waals surface area (Å²) in [6, 6.07) is 13.3. The summed E-state index contributed by atoms with van der Waals surface area (Å²) in [5.74, 6) is 1.56. The second-order valence-corrected chi connectivity index (χ2v) is 7.96. The Morgan fingerprint density at radius 1 is 0.969 bits per heavy atom. The van der Waals surface area contributed by atoms with Gasteiger partial charge in [-0.05, 0) is 70.1 Å². The van der Waals surface area contributed by atoms with Crippen molar-refractivity contribution in [2.45, 2.75) is 39.7 Å². The van der Waals surface area contributed by atoms with Crippen molar-refractivity contribution in [3.8, 4) is 11.5 Å². The van der Waals surface area contributed by atoms with Crippen LogP contribution in [0.5, 0.6) is 11.5 Å². The number of fused-ring (bicyclic) bond motifs is 1. The first-order valence-corrected chi connectivity index (χ1v) is 11.6. The number of imidazole rings is 1. The molecule has 4 rings (SSSR count). The predicted octanol–water partition coefficient (Wildman–Crippen LogP) is 4.57. The third-order valence-electron chi connectivity index (χ3n) is 5.77. The van der Waals surface area contributed by atoms with Gasteiger partial charge in [-0.1, -0.05) is 18.6 Å². The zero-order valence-electron chi connectivity index (χ0n) is 19.0. The molecule has 0 saturated carbocycles. The number of ether oxygens (including phenoxy) is 2. The van der Waals surface area contributed by atoms with Gasteiger partial charge in [-0.15, -0.1) is 0 Å². The van der Waals surface area contributed by atoms with Crippen LogP contribution >= 0.6 is 0 Å². The topological polar surface area (TPSA) is 68.6 Å². The van der Waals surface area contributed by atoms with Crippen LogP contribution in [-0.2, 0) is 6.54 Å². The van der Waals surface area contributed by atoms with Gasteiger partial charge < -0.3 is 18.9 Å². The van der Waals surface area contributed by atoms with Gasteiger partial charge in [-0.3, -0.25) is 10.1 Å². The smallest absolute Gasteiger partial charge is 0.258 e. The van der Waals surface area contributed by atoms with Gasteiger partial charge in [0.1, 0.15) is 0 Å². The number of hydrogen-bond donors (Lipinski definition) is 1. The first-order chi connectivity index (χ1) is 15.7. The third-order valence-corrected chi connectivity index (χ3v) is 5.77. The van der Waals surface area contributed by atoms with Crippen molar-refractivity contribution in [3.63, 3.8) is 0 Å². The first kappa shape index (κ1) is 22.1. The van der Waals surface area contributed by atoms with Gasteiger partial charge in [0.15, 0.2) is 11.5 Å². The predicted molar refractivity (Wildman–Crippen MR) is 127 cm³/mol. The van der Waals surface area contributed by atoms with Crippen molar-refractivity contribution in [1.29, 1.82) is 0 Å². The summed E-state index contributed by atoms with van der Waals surface area (Å²) in [4.78, 5) is 20.3. The van der Waals surface area contributed by atoms with E-state index in [1.165, 1.54) is 19.3 Å². The molecule has 1 amide bonds. The normalized spacial score (nSPS) is 14.4. The number of carbonyl (C=O) groups is 1. The van der Waals surface area contributed by atoms with E-state index in [1.54, 1.807) is 18.2 Å². The Kier molecular flexibility index (Phi) is 7.27. The maximum Gasteiger partial charge on any atom is 0.258 e. The molecule has 0 radical (unpaired) electrons. The van der Waals surface area contributed by atoms with Gasteiger partial charge in [-0.2, -0.15) is 0 Å². The number of rotatable bonds is 9. The van der Waals surface area contributed by atoms with Crippen molar-refractivity contribution in [2.24, 2.45) is 0 Å². The summed E-state index contributed by atoms with van der Waals surface area (Å²) in [7, 11) is 0. The summed E-state index contributed by atoms with van der Waals surface area (Å²) in [6.45, 7) is 8.87. The molecule has 1 N–H and O–H groups in total. The van der Waals surface area contributed by atoms with Crippen molar-refractivity contribution >= 4 is 22.9 Å². The molecular formula is C25H32N4O3. The number of nitrogens with one attached hydrogen (secondary N) is 1. The van der Waals surface area contributed by atoms with Crippen LogP contribution in [0.2, 0.25) is 0 Å². The molecule has 0 unspecified atom stereocenters. The molecule has 1 aromatic heterocycles. The summed E-state index contributed by atoms with van der Waals surface area (Å²) >= 11 is 0. The molecule has 0 atom stereocenters. The van der Waals surface area contributed by atoms with E-state index in [1.807, 2.05) is 32.0 Å². The summed E-state index contributed by atoms with van der Waals surface area (Å²) in [6.07, 6.45) is 3.83. The molecule has 3 aromatic rings. The number of amides is 1. The van der Waals surface area contributed by atoms with Crippen LogP contribution in [0.15, 0.2) is 42.5 Å². The highest BCUT2D eigenvalue weighted by atomic mass is 16.5. The van der Waals surface area contributed by atoms with Crippen molar-refractivity contribution in [3.05, 3.63) is 48.0 Å². The van der Waals surface area contributed by atoms with E-state index < -0.39 is 0 Å². The van der Waals surface area contributed by atoms with Gasteiger partial charge in [0, 0.05) is 18.7 Å². The average molecular weight is 437 g/mol. The van der Waals surface area contributed by atoms with Crippen LogP contribution in [0.3, 0.4) is 0 Å². The number of anilines is 1. The molecule has 170 valence electrons. The molecule has 1 aliphatic rings. The minimum Gasteiger partial charge on any atom is -0.490 e. The highest BCUT2D eigenvalue weighted by molar-refractivity contribution is 6.04. The molecule has 2 aromatic carbocycles. The molecule has 2 heterocycles. The minimum atomic E-state index is -0.219. The maximum atomic E-state index is 13.1. The number of likely N-dealkylation sites (tertiary alicyclic amines) is 1. The Balaban J connectivity index is 1.56. The van der Waals surface area contributed by atoms with Crippen molar-refractivity contribution < 1.29 is 14.3 Å². The number of hydrogen-bond acceptors (Lipinski definition) is 5. The van der Waals surface area contributed by atoms with Gasteiger partial charge >= 0.3 is 0 Å². The monoisotopic (exact) mass is 436 g/mol. The number of para-hydroxylation sites is 2. The molecule has 0 bridgehead atoms. The lowest BCUT2D eigenvalue weighted by molar-refractivity contribution is 0.102. The van der Waals surface area contributed by atoms with Crippen LogP contribution < -0.4 is 14.8 Å². The van der Waals surface area contributed by atoms with E-state index in [0.717, 1.165) is 37.2 Å². The fourth-order valence-corrected chi connectivity index (χ4v) is 4.19. The van der Waals surface area contributed by atoms with E-state index in [2.05, 4.69) is 20.9 Å². The summed E-state index contributed by atoms with van der Waals surface area (Å²) in [5.41, 5.74) is 2.41. The lowest BCUT2D eigenvalue weighted by Gasteiger charge is -2.26. The average Bonchev–Trinajstić information content (AvgIpc) is 3.16. The largest absolute Gasteiger partial charge is 0.490 e. The van der Waals surface area contributed by atoms with E-state index in [0.29, 0.717) is 36.2 Å². The minimum absolute atomic E-state index is 0.219. The fraction of sp³-hybridized carbons (Fsp3) is 0.440. The molecular weight excluding hydrogens is 404 g/mol. The van der Waals surface area contributed by atoms with Crippen molar-refractivity contribution in [1.82, 2.24) is 14.5 Å². The lowest BCUT2D eigenvalue weighted by Crippen LogP contribution is -2.32. The Bertz CT molecular complexity index is 1060. The van der Waals surface area contributed by atoms with Crippen LogP contribution in [0.25, 0.3) is 11.0 Å². The zero-order chi connectivity index (χ0) is 22.3. The van der Waals surface area contributed by atoms with Gasteiger partial charge in [0.2, 0.25) is 5.95 Å². The molecule has 0 spiro atoms. The Hall–Kier alpha value is -3.06. The van der Waals surface area contributed by atoms with Gasteiger partial charge in [0.25, 0.3) is 5.91 Å². The molecule has 32 heavy (non-hydrogen) atoms. The third kappa shape index (κ3) is 5.05.